The van der Waals surface area contributed by atoms with E-state index < -0.39 is 6.61 Å². The minimum atomic E-state index is -2.88. The van der Waals surface area contributed by atoms with Crippen molar-refractivity contribution in [2.24, 2.45) is 4.99 Å². The van der Waals surface area contributed by atoms with E-state index >= 15 is 0 Å². The number of nitrogens with zero attached hydrogens (tertiary/aromatic N) is 1. The quantitative estimate of drug-likeness (QED) is 0.302. The summed E-state index contributed by atoms with van der Waals surface area (Å²) in [7, 11) is 1.70. The fourth-order valence-electron chi connectivity index (χ4n) is 1.90. The third-order valence-electron chi connectivity index (χ3n) is 3.44. The molecule has 0 aliphatic carbocycles. The lowest BCUT2D eigenvalue weighted by atomic mass is 10.2. The maximum atomic E-state index is 12.4. The molecular weight excluding hydrogens is 475 g/mol. The van der Waals surface area contributed by atoms with Gasteiger partial charge in [-0.3, -0.25) is 4.99 Å². The van der Waals surface area contributed by atoms with Gasteiger partial charge in [0.1, 0.15) is 0 Å². The van der Waals surface area contributed by atoms with E-state index in [2.05, 4.69) is 40.5 Å². The van der Waals surface area contributed by atoms with Gasteiger partial charge in [0.05, 0.1) is 6.61 Å². The van der Waals surface area contributed by atoms with E-state index in [1.54, 1.807) is 37.9 Å². The normalized spacial score (nSPS) is 11.8. The van der Waals surface area contributed by atoms with E-state index in [0.717, 1.165) is 12.1 Å². The largest absolute Gasteiger partial charge is 0.490 e. The second kappa shape index (κ2) is 12.4. The first-order valence-corrected chi connectivity index (χ1v) is 9.24. The molecule has 0 spiro atoms. The predicted molar refractivity (Wildman–Crippen MR) is 115 cm³/mol. The molecule has 1 aromatic carbocycles. The highest BCUT2D eigenvalue weighted by molar-refractivity contribution is 14.0. The SMILES string of the molecule is CCOc1cc(CNC(=NC)NCC(C)(C)SC)ccc1OC(F)F.I. The summed E-state index contributed by atoms with van der Waals surface area (Å²) in [5.41, 5.74) is 0.872. The van der Waals surface area contributed by atoms with Crippen molar-refractivity contribution in [2.75, 3.05) is 26.5 Å². The number of guanidine groups is 1. The molecule has 2 N–H and O–H groups in total. The maximum Gasteiger partial charge on any atom is 0.387 e. The Labute approximate surface area is 175 Å². The first kappa shape index (κ1) is 25.0. The van der Waals surface area contributed by atoms with Gasteiger partial charge >= 0.3 is 6.61 Å². The fraction of sp³-hybridized carbons (Fsp3) is 0.588. The van der Waals surface area contributed by atoms with Crippen molar-refractivity contribution in [3.05, 3.63) is 23.8 Å². The number of thioether (sulfide) groups is 1. The highest BCUT2D eigenvalue weighted by atomic mass is 127. The molecular formula is C17H28F2IN3O2S. The summed E-state index contributed by atoms with van der Waals surface area (Å²) in [6.07, 6.45) is 2.07. The van der Waals surface area contributed by atoms with Crippen LogP contribution in [0.5, 0.6) is 11.5 Å². The molecule has 0 heterocycles. The van der Waals surface area contributed by atoms with Gasteiger partial charge in [-0.15, -0.1) is 24.0 Å². The molecule has 0 aliphatic heterocycles. The van der Waals surface area contributed by atoms with Crippen molar-refractivity contribution >= 4 is 41.7 Å². The number of aliphatic imine (C=N–C) groups is 1. The number of ether oxygens (including phenoxy) is 2. The Morgan fingerprint density at radius 1 is 1.27 bits per heavy atom. The van der Waals surface area contributed by atoms with Crippen LogP contribution in [-0.2, 0) is 6.54 Å². The number of hydrogen-bond acceptors (Lipinski definition) is 4. The van der Waals surface area contributed by atoms with Gasteiger partial charge in [0.25, 0.3) is 0 Å². The van der Waals surface area contributed by atoms with Crippen LogP contribution in [0.2, 0.25) is 0 Å². The van der Waals surface area contributed by atoms with Crippen LogP contribution in [0, 0.1) is 0 Å². The molecule has 26 heavy (non-hydrogen) atoms. The Kier molecular flexibility index (Phi) is 12.0. The first-order valence-electron chi connectivity index (χ1n) is 8.01. The lowest BCUT2D eigenvalue weighted by Crippen LogP contribution is -2.42. The minimum absolute atomic E-state index is 0. The standard InChI is InChI=1S/C17H27F2N3O2S.HI/c1-6-23-14-9-12(7-8-13(14)24-15(18)19)10-21-16(20-4)22-11-17(2,3)25-5;/h7-9,15H,6,10-11H2,1-5H3,(H2,20,21,22);1H. The van der Waals surface area contributed by atoms with Gasteiger partial charge in [0.15, 0.2) is 17.5 Å². The van der Waals surface area contributed by atoms with Gasteiger partial charge in [-0.2, -0.15) is 20.5 Å². The number of hydrogen-bond donors (Lipinski definition) is 2. The molecule has 9 heteroatoms. The smallest absolute Gasteiger partial charge is 0.387 e. The zero-order chi connectivity index (χ0) is 18.9. The molecule has 0 saturated carbocycles. The van der Waals surface area contributed by atoms with Crippen LogP contribution in [0.3, 0.4) is 0 Å². The zero-order valence-electron chi connectivity index (χ0n) is 15.8. The van der Waals surface area contributed by atoms with Crippen LogP contribution in [0.4, 0.5) is 8.78 Å². The highest BCUT2D eigenvalue weighted by Gasteiger charge is 2.16. The Bertz CT molecular complexity index is 575. The fourth-order valence-corrected chi connectivity index (χ4v) is 2.12. The van der Waals surface area contributed by atoms with Crippen molar-refractivity contribution in [2.45, 2.75) is 38.7 Å². The number of halogens is 3. The lowest BCUT2D eigenvalue weighted by Gasteiger charge is -2.23. The molecule has 0 fully saturated rings. The second-order valence-electron chi connectivity index (χ2n) is 5.84. The van der Waals surface area contributed by atoms with Crippen molar-refractivity contribution in [1.82, 2.24) is 10.6 Å². The van der Waals surface area contributed by atoms with Crippen molar-refractivity contribution in [3.8, 4) is 11.5 Å². The monoisotopic (exact) mass is 503 g/mol. The number of benzene rings is 1. The molecule has 0 amide bonds. The molecule has 1 rings (SSSR count). The Morgan fingerprint density at radius 3 is 2.50 bits per heavy atom. The van der Waals surface area contributed by atoms with Crippen LogP contribution < -0.4 is 20.1 Å². The maximum absolute atomic E-state index is 12.4. The molecule has 0 unspecified atom stereocenters. The summed E-state index contributed by atoms with van der Waals surface area (Å²) >= 11 is 1.77. The first-order chi connectivity index (χ1) is 11.8. The highest BCUT2D eigenvalue weighted by Crippen LogP contribution is 2.29. The molecule has 0 radical (unpaired) electrons. The molecule has 0 aliphatic rings. The molecule has 0 aromatic heterocycles. The van der Waals surface area contributed by atoms with Crippen molar-refractivity contribution in [3.63, 3.8) is 0 Å². The molecule has 0 atom stereocenters. The summed E-state index contributed by atoms with van der Waals surface area (Å²) in [6.45, 7) is 4.81. The van der Waals surface area contributed by atoms with E-state index in [-0.39, 0.29) is 34.5 Å². The van der Waals surface area contributed by atoms with E-state index in [9.17, 15) is 8.78 Å². The van der Waals surface area contributed by atoms with E-state index in [0.29, 0.717) is 24.9 Å². The van der Waals surface area contributed by atoms with Gasteiger partial charge in [0, 0.05) is 24.9 Å². The van der Waals surface area contributed by atoms with Crippen molar-refractivity contribution < 1.29 is 18.3 Å². The van der Waals surface area contributed by atoms with E-state index in [1.807, 2.05) is 0 Å². The third-order valence-corrected chi connectivity index (χ3v) is 4.69. The van der Waals surface area contributed by atoms with Gasteiger partial charge in [-0.25, -0.2) is 0 Å². The van der Waals surface area contributed by atoms with Gasteiger partial charge in [-0.05, 0) is 44.7 Å². The number of alkyl halides is 2. The number of rotatable bonds is 9. The van der Waals surface area contributed by atoms with Crippen LogP contribution in [0.25, 0.3) is 0 Å². The Hall–Kier alpha value is -0.970. The average Bonchev–Trinajstić information content (AvgIpc) is 2.57. The number of nitrogens with one attached hydrogen (secondary N) is 2. The van der Waals surface area contributed by atoms with Crippen LogP contribution >= 0.6 is 35.7 Å². The van der Waals surface area contributed by atoms with Gasteiger partial charge in [0.2, 0.25) is 0 Å². The summed E-state index contributed by atoms with van der Waals surface area (Å²) in [4.78, 5) is 4.19. The molecule has 5 nitrogen and oxygen atoms in total. The second-order valence-corrected chi connectivity index (χ2v) is 7.35. The summed E-state index contributed by atoms with van der Waals surface area (Å²) in [6, 6.07) is 4.89. The summed E-state index contributed by atoms with van der Waals surface area (Å²) < 4.78 is 34.8. The molecule has 0 bridgehead atoms. The zero-order valence-corrected chi connectivity index (χ0v) is 18.9. The topological polar surface area (TPSA) is 54.9 Å². The molecule has 1 aromatic rings. The summed E-state index contributed by atoms with van der Waals surface area (Å²) in [5.74, 6) is 1.01. The van der Waals surface area contributed by atoms with Gasteiger partial charge in [-0.1, -0.05) is 6.07 Å². The van der Waals surface area contributed by atoms with Crippen LogP contribution in [0.15, 0.2) is 23.2 Å². The third kappa shape index (κ3) is 9.11. The van der Waals surface area contributed by atoms with Gasteiger partial charge < -0.3 is 20.1 Å². The van der Waals surface area contributed by atoms with E-state index in [4.69, 9.17) is 4.74 Å². The predicted octanol–water partition coefficient (Wildman–Crippen LogP) is 4.11. The average molecular weight is 503 g/mol. The van der Waals surface area contributed by atoms with E-state index in [1.165, 1.54) is 6.07 Å². The Morgan fingerprint density at radius 2 is 1.96 bits per heavy atom. The van der Waals surface area contributed by atoms with Crippen LogP contribution in [-0.4, -0.2) is 43.8 Å². The molecule has 150 valence electrons. The van der Waals surface area contributed by atoms with Crippen molar-refractivity contribution in [1.29, 1.82) is 0 Å². The Balaban J connectivity index is 0.00000625. The minimum Gasteiger partial charge on any atom is -0.490 e. The van der Waals surface area contributed by atoms with Crippen LogP contribution in [0.1, 0.15) is 26.3 Å². The molecule has 0 saturated heterocycles. The summed E-state index contributed by atoms with van der Waals surface area (Å²) in [5, 5.41) is 6.47. The lowest BCUT2D eigenvalue weighted by molar-refractivity contribution is -0.0514.